The van der Waals surface area contributed by atoms with Crippen molar-refractivity contribution in [1.82, 2.24) is 4.31 Å². The first-order valence-corrected chi connectivity index (χ1v) is 5.92. The zero-order chi connectivity index (χ0) is 11.2. The summed E-state index contributed by atoms with van der Waals surface area (Å²) < 4.78 is 23.8. The topological polar surface area (TPSA) is 80.5 Å². The van der Waals surface area contributed by atoms with Crippen LogP contribution in [0.15, 0.2) is 18.2 Å². The van der Waals surface area contributed by atoms with E-state index in [2.05, 4.69) is 0 Å². The Bertz CT molecular complexity index is 536. The molecule has 0 saturated carbocycles. The monoisotopic (exact) mass is 226 g/mol. The van der Waals surface area contributed by atoms with Crippen LogP contribution in [0.4, 0.5) is 5.69 Å². The lowest BCUT2D eigenvalue weighted by Crippen LogP contribution is -2.38. The second kappa shape index (κ2) is 2.96. The zero-order valence-corrected chi connectivity index (χ0v) is 8.91. The van der Waals surface area contributed by atoms with Crippen LogP contribution in [0, 0.1) is 0 Å². The number of nitrogens with zero attached hydrogens (tertiary/aromatic N) is 1. The maximum Gasteiger partial charge on any atom is 0.267 e. The number of nitrogens with two attached hydrogens (primary N) is 1. The fourth-order valence-electron chi connectivity index (χ4n) is 1.51. The van der Waals surface area contributed by atoms with Crippen LogP contribution in [-0.2, 0) is 15.8 Å². The number of rotatable bonds is 0. The number of amides is 1. The molecule has 1 aliphatic heterocycles. The van der Waals surface area contributed by atoms with Gasteiger partial charge in [-0.2, -0.15) is 0 Å². The second-order valence-electron chi connectivity index (χ2n) is 3.45. The molecule has 5 nitrogen and oxygen atoms in total. The minimum absolute atomic E-state index is 0.148. The molecule has 0 spiro atoms. The van der Waals surface area contributed by atoms with Crippen molar-refractivity contribution in [3.8, 4) is 0 Å². The van der Waals surface area contributed by atoms with Crippen molar-refractivity contribution in [2.24, 2.45) is 0 Å². The van der Waals surface area contributed by atoms with Crippen molar-refractivity contribution < 1.29 is 13.2 Å². The number of carbonyl (C=O) groups is 1. The number of carbonyl (C=O) groups excluding carboxylic acids is 1. The van der Waals surface area contributed by atoms with Crippen LogP contribution in [0.3, 0.4) is 0 Å². The Labute approximate surface area is 87.5 Å². The molecule has 0 saturated heterocycles. The molecule has 1 heterocycles. The Hall–Kier alpha value is -1.56. The Morgan fingerprint density at radius 1 is 1.40 bits per heavy atom. The molecule has 15 heavy (non-hydrogen) atoms. The highest BCUT2D eigenvalue weighted by Crippen LogP contribution is 2.24. The fraction of sp³-hybridized carbons (Fsp3) is 0.222. The van der Waals surface area contributed by atoms with Crippen molar-refractivity contribution >= 4 is 21.6 Å². The lowest BCUT2D eigenvalue weighted by Gasteiger charge is -2.24. The molecule has 2 N–H and O–H groups in total. The Morgan fingerprint density at radius 3 is 2.73 bits per heavy atom. The van der Waals surface area contributed by atoms with Crippen LogP contribution in [-0.4, -0.2) is 25.7 Å². The molecular formula is C9H10N2O3S. The van der Waals surface area contributed by atoms with Gasteiger partial charge in [0.15, 0.2) is 0 Å². The lowest BCUT2D eigenvalue weighted by molar-refractivity contribution is 0.0878. The Morgan fingerprint density at radius 2 is 2.07 bits per heavy atom. The first-order valence-electron chi connectivity index (χ1n) is 4.31. The number of anilines is 1. The molecule has 1 amide bonds. The smallest absolute Gasteiger partial charge is 0.267 e. The highest BCUT2D eigenvalue weighted by Gasteiger charge is 2.32. The normalized spacial score (nSPS) is 18.7. The van der Waals surface area contributed by atoms with E-state index in [0.717, 1.165) is 4.31 Å². The number of hydrogen-bond acceptors (Lipinski definition) is 4. The Balaban J connectivity index is 2.66. The molecule has 0 fully saturated rings. The van der Waals surface area contributed by atoms with E-state index >= 15 is 0 Å². The van der Waals surface area contributed by atoms with E-state index in [1.165, 1.54) is 13.1 Å². The summed E-state index contributed by atoms with van der Waals surface area (Å²) >= 11 is 0. The molecule has 1 aliphatic rings. The fourth-order valence-corrected chi connectivity index (χ4v) is 2.70. The van der Waals surface area contributed by atoms with E-state index in [-0.39, 0.29) is 5.75 Å². The summed E-state index contributed by atoms with van der Waals surface area (Å²) in [6.45, 7) is 0. The maximum absolute atomic E-state index is 11.7. The predicted octanol–water partition coefficient (Wildman–Crippen LogP) is 0.184. The molecule has 6 heteroatoms. The van der Waals surface area contributed by atoms with Crippen LogP contribution in [0.25, 0.3) is 0 Å². The van der Waals surface area contributed by atoms with E-state index in [9.17, 15) is 13.2 Å². The second-order valence-corrected chi connectivity index (χ2v) is 5.45. The van der Waals surface area contributed by atoms with Gasteiger partial charge >= 0.3 is 0 Å². The van der Waals surface area contributed by atoms with Gasteiger partial charge in [0.25, 0.3) is 5.91 Å². The Kier molecular flexibility index (Phi) is 1.97. The summed E-state index contributed by atoms with van der Waals surface area (Å²) in [5, 5.41) is 0. The van der Waals surface area contributed by atoms with Crippen molar-refractivity contribution in [3.63, 3.8) is 0 Å². The quantitative estimate of drug-likeness (QED) is 0.640. The van der Waals surface area contributed by atoms with E-state index in [1.54, 1.807) is 12.1 Å². The average Bonchev–Trinajstić information content (AvgIpc) is 2.16. The lowest BCUT2D eigenvalue weighted by atomic mass is 10.1. The molecule has 0 aliphatic carbocycles. The maximum atomic E-state index is 11.7. The molecule has 0 unspecified atom stereocenters. The standard InChI is InChI=1S/C9H10N2O3S/c1-11-9(12)8-4-7(10)3-2-6(8)5-15(11,13)14/h2-4H,5,10H2,1H3. The van der Waals surface area contributed by atoms with Crippen molar-refractivity contribution in [3.05, 3.63) is 29.3 Å². The molecule has 80 valence electrons. The molecule has 0 radical (unpaired) electrons. The third-order valence-electron chi connectivity index (χ3n) is 2.41. The number of sulfonamides is 1. The van der Waals surface area contributed by atoms with Crippen LogP contribution in [0.5, 0.6) is 0 Å². The van der Waals surface area contributed by atoms with Gasteiger partial charge in [-0.3, -0.25) is 4.79 Å². The third kappa shape index (κ3) is 1.46. The summed E-state index contributed by atoms with van der Waals surface area (Å²) in [5.74, 6) is -0.672. The van der Waals surface area contributed by atoms with Gasteiger partial charge in [0.1, 0.15) is 0 Å². The van der Waals surface area contributed by atoms with Crippen molar-refractivity contribution in [2.75, 3.05) is 12.8 Å². The van der Waals surface area contributed by atoms with Gasteiger partial charge in [0, 0.05) is 18.3 Å². The highest BCUT2D eigenvalue weighted by molar-refractivity contribution is 7.89. The van der Waals surface area contributed by atoms with Crippen molar-refractivity contribution in [1.29, 1.82) is 0 Å². The van der Waals surface area contributed by atoms with E-state index < -0.39 is 15.9 Å². The van der Waals surface area contributed by atoms with Crippen LogP contribution >= 0.6 is 0 Å². The first kappa shape index (κ1) is 9.97. The number of hydrogen-bond donors (Lipinski definition) is 1. The summed E-state index contributed by atoms with van der Waals surface area (Å²) in [4.78, 5) is 11.7. The van der Waals surface area contributed by atoms with Gasteiger partial charge in [-0.05, 0) is 17.7 Å². The zero-order valence-electron chi connectivity index (χ0n) is 8.10. The van der Waals surface area contributed by atoms with E-state index in [1.807, 2.05) is 0 Å². The summed E-state index contributed by atoms with van der Waals surface area (Å²) in [6, 6.07) is 4.67. The molecule has 0 atom stereocenters. The predicted molar refractivity (Wildman–Crippen MR) is 55.6 cm³/mol. The van der Waals surface area contributed by atoms with Crippen LogP contribution in [0.2, 0.25) is 0 Å². The average molecular weight is 226 g/mol. The largest absolute Gasteiger partial charge is 0.399 e. The third-order valence-corrected chi connectivity index (χ3v) is 4.08. The molecule has 1 aromatic carbocycles. The summed E-state index contributed by atoms with van der Waals surface area (Å²) in [5.41, 5.74) is 6.87. The molecule has 2 rings (SSSR count). The number of fused-ring (bicyclic) bond motifs is 1. The van der Waals surface area contributed by atoms with Gasteiger partial charge in [0.2, 0.25) is 10.0 Å². The van der Waals surface area contributed by atoms with Crippen LogP contribution < -0.4 is 5.73 Å². The van der Waals surface area contributed by atoms with Gasteiger partial charge in [0.05, 0.1) is 5.75 Å². The molecule has 1 aromatic rings. The van der Waals surface area contributed by atoms with Crippen LogP contribution in [0.1, 0.15) is 15.9 Å². The molecule has 0 bridgehead atoms. The van der Waals surface area contributed by atoms with Gasteiger partial charge in [-0.25, -0.2) is 12.7 Å². The highest BCUT2D eigenvalue weighted by atomic mass is 32.2. The van der Waals surface area contributed by atoms with Crippen molar-refractivity contribution in [2.45, 2.75) is 5.75 Å². The van der Waals surface area contributed by atoms with Gasteiger partial charge in [-0.15, -0.1) is 0 Å². The summed E-state index contributed by atoms with van der Waals surface area (Å²) in [7, 11) is -2.24. The number of nitrogen functional groups attached to an aromatic ring is 1. The molecular weight excluding hydrogens is 216 g/mol. The molecule has 0 aromatic heterocycles. The minimum atomic E-state index is -3.49. The minimum Gasteiger partial charge on any atom is -0.399 e. The number of benzene rings is 1. The SMILES string of the molecule is CN1C(=O)c2cc(N)ccc2CS1(=O)=O. The van der Waals surface area contributed by atoms with Gasteiger partial charge in [-0.1, -0.05) is 6.07 Å². The van der Waals surface area contributed by atoms with Gasteiger partial charge < -0.3 is 5.73 Å². The van der Waals surface area contributed by atoms with E-state index in [4.69, 9.17) is 5.73 Å². The first-order chi connectivity index (χ1) is 6.92. The summed E-state index contributed by atoms with van der Waals surface area (Å²) in [6.07, 6.45) is 0. The van der Waals surface area contributed by atoms with E-state index in [0.29, 0.717) is 16.8 Å².